The summed E-state index contributed by atoms with van der Waals surface area (Å²) < 4.78 is 31.9. The number of sulfonamides is 1. The van der Waals surface area contributed by atoms with Crippen molar-refractivity contribution in [1.29, 1.82) is 0 Å². The minimum Gasteiger partial charge on any atom is -0.378 e. The maximum Gasteiger partial charge on any atom is 0.215 e. The monoisotopic (exact) mass is 290 g/mol. The molecule has 0 amide bonds. The van der Waals surface area contributed by atoms with Gasteiger partial charge in [-0.2, -0.15) is 0 Å². The van der Waals surface area contributed by atoms with Crippen LogP contribution in [0.1, 0.15) is 39.0 Å². The average Bonchev–Trinajstić information content (AvgIpc) is 2.40. The second-order valence-electron chi connectivity index (χ2n) is 5.48. The highest BCUT2D eigenvalue weighted by Crippen LogP contribution is 2.19. The molecule has 1 N–H and O–H groups in total. The fraction of sp³-hybridized carbons (Fsp3) is 1.00. The summed E-state index contributed by atoms with van der Waals surface area (Å²) in [7, 11) is -3.11. The molecule has 0 aromatic carbocycles. The van der Waals surface area contributed by atoms with Crippen molar-refractivity contribution in [2.45, 2.75) is 51.2 Å². The van der Waals surface area contributed by atoms with Crippen molar-refractivity contribution in [3.63, 3.8) is 0 Å². The molecule has 112 valence electrons. The lowest BCUT2D eigenvalue weighted by Crippen LogP contribution is -2.47. The standard InChI is InChI=1S/C13H26N2O3S/c1-2-18-13-6-9-15(10-7-13)19(16,17)11-12-5-3-4-8-14-12/h12-14H,2-11H2,1H3. The van der Waals surface area contributed by atoms with Gasteiger partial charge in [-0.25, -0.2) is 12.7 Å². The Morgan fingerprint density at radius 1 is 1.21 bits per heavy atom. The molecule has 0 spiro atoms. The average molecular weight is 290 g/mol. The van der Waals surface area contributed by atoms with E-state index in [1.807, 2.05) is 6.92 Å². The largest absolute Gasteiger partial charge is 0.378 e. The Balaban J connectivity index is 1.83. The zero-order chi connectivity index (χ0) is 13.7. The molecule has 5 nitrogen and oxygen atoms in total. The molecule has 0 aromatic heterocycles. The summed E-state index contributed by atoms with van der Waals surface area (Å²) in [4.78, 5) is 0. The van der Waals surface area contributed by atoms with Crippen LogP contribution in [-0.2, 0) is 14.8 Å². The van der Waals surface area contributed by atoms with E-state index in [4.69, 9.17) is 4.74 Å². The first-order chi connectivity index (χ1) is 9.12. The lowest BCUT2D eigenvalue weighted by Gasteiger charge is -2.32. The quantitative estimate of drug-likeness (QED) is 0.819. The molecule has 2 saturated heterocycles. The smallest absolute Gasteiger partial charge is 0.215 e. The SMILES string of the molecule is CCOC1CCN(S(=O)(=O)CC2CCCCN2)CC1. The van der Waals surface area contributed by atoms with Crippen LogP contribution in [0.25, 0.3) is 0 Å². The van der Waals surface area contributed by atoms with Crippen molar-refractivity contribution >= 4 is 10.0 Å². The fourth-order valence-corrected chi connectivity index (χ4v) is 4.71. The van der Waals surface area contributed by atoms with Crippen LogP contribution in [0, 0.1) is 0 Å². The van der Waals surface area contributed by atoms with E-state index in [1.54, 1.807) is 4.31 Å². The van der Waals surface area contributed by atoms with Crippen LogP contribution >= 0.6 is 0 Å². The summed E-state index contributed by atoms with van der Waals surface area (Å²) in [5, 5.41) is 3.31. The van der Waals surface area contributed by atoms with Crippen LogP contribution in [0.2, 0.25) is 0 Å². The van der Waals surface area contributed by atoms with Crippen LogP contribution in [0.15, 0.2) is 0 Å². The van der Waals surface area contributed by atoms with Gasteiger partial charge >= 0.3 is 0 Å². The number of nitrogens with one attached hydrogen (secondary N) is 1. The molecule has 0 radical (unpaired) electrons. The molecule has 0 saturated carbocycles. The molecule has 2 aliphatic rings. The highest BCUT2D eigenvalue weighted by atomic mass is 32.2. The lowest BCUT2D eigenvalue weighted by atomic mass is 10.1. The molecule has 2 fully saturated rings. The number of nitrogens with zero attached hydrogens (tertiary/aromatic N) is 1. The van der Waals surface area contributed by atoms with E-state index in [0.717, 1.165) is 38.6 Å². The summed E-state index contributed by atoms with van der Waals surface area (Å²) in [6.45, 7) is 4.87. The highest BCUT2D eigenvalue weighted by molar-refractivity contribution is 7.89. The lowest BCUT2D eigenvalue weighted by molar-refractivity contribution is 0.0290. The van der Waals surface area contributed by atoms with Gasteiger partial charge in [0.15, 0.2) is 0 Å². The molecule has 2 heterocycles. The van der Waals surface area contributed by atoms with E-state index in [2.05, 4.69) is 5.32 Å². The topological polar surface area (TPSA) is 58.6 Å². The molecular weight excluding hydrogens is 264 g/mol. The number of hydrogen-bond acceptors (Lipinski definition) is 4. The molecule has 2 aliphatic heterocycles. The first kappa shape index (κ1) is 15.2. The van der Waals surface area contributed by atoms with Gasteiger partial charge in [0, 0.05) is 25.7 Å². The Morgan fingerprint density at radius 3 is 2.53 bits per heavy atom. The summed E-state index contributed by atoms with van der Waals surface area (Å²) in [6, 6.07) is 0.142. The molecule has 1 atom stereocenters. The molecular formula is C13H26N2O3S. The Bertz CT molecular complexity index is 358. The van der Waals surface area contributed by atoms with Gasteiger partial charge in [-0.15, -0.1) is 0 Å². The third kappa shape index (κ3) is 4.41. The third-order valence-corrected chi connectivity index (χ3v) is 6.00. The Hall–Kier alpha value is -0.170. The van der Waals surface area contributed by atoms with Gasteiger partial charge in [0.2, 0.25) is 10.0 Å². The zero-order valence-corrected chi connectivity index (χ0v) is 12.6. The van der Waals surface area contributed by atoms with Gasteiger partial charge in [-0.05, 0) is 39.2 Å². The van der Waals surface area contributed by atoms with Crippen LogP contribution in [-0.4, -0.2) is 56.9 Å². The van der Waals surface area contributed by atoms with Gasteiger partial charge in [-0.1, -0.05) is 6.42 Å². The van der Waals surface area contributed by atoms with Gasteiger partial charge in [0.25, 0.3) is 0 Å². The number of ether oxygens (including phenoxy) is 1. The second kappa shape index (κ2) is 7.02. The van der Waals surface area contributed by atoms with Crippen LogP contribution in [0.3, 0.4) is 0 Å². The van der Waals surface area contributed by atoms with E-state index in [0.29, 0.717) is 19.7 Å². The molecule has 19 heavy (non-hydrogen) atoms. The molecule has 6 heteroatoms. The van der Waals surface area contributed by atoms with Crippen LogP contribution in [0.5, 0.6) is 0 Å². The van der Waals surface area contributed by atoms with E-state index < -0.39 is 10.0 Å². The van der Waals surface area contributed by atoms with Gasteiger partial charge in [0.05, 0.1) is 11.9 Å². The second-order valence-corrected chi connectivity index (χ2v) is 7.49. The normalized spacial score (nSPS) is 27.5. The van der Waals surface area contributed by atoms with Gasteiger partial charge < -0.3 is 10.1 Å². The number of rotatable bonds is 5. The number of hydrogen-bond donors (Lipinski definition) is 1. The minimum atomic E-state index is -3.11. The minimum absolute atomic E-state index is 0.142. The Morgan fingerprint density at radius 2 is 1.95 bits per heavy atom. The van der Waals surface area contributed by atoms with Crippen molar-refractivity contribution in [2.24, 2.45) is 0 Å². The van der Waals surface area contributed by atoms with Crippen LogP contribution in [0.4, 0.5) is 0 Å². The predicted octanol–water partition coefficient (Wildman–Crippen LogP) is 0.959. The van der Waals surface area contributed by atoms with Crippen molar-refractivity contribution in [3.05, 3.63) is 0 Å². The van der Waals surface area contributed by atoms with Crippen molar-refractivity contribution in [3.8, 4) is 0 Å². The van der Waals surface area contributed by atoms with Crippen molar-refractivity contribution in [2.75, 3.05) is 32.0 Å². The Labute approximate surface area is 116 Å². The van der Waals surface area contributed by atoms with E-state index in [-0.39, 0.29) is 17.9 Å². The molecule has 0 aliphatic carbocycles. The molecule has 2 rings (SSSR count). The van der Waals surface area contributed by atoms with Crippen LogP contribution < -0.4 is 5.32 Å². The maximum atomic E-state index is 12.4. The summed E-state index contributed by atoms with van der Waals surface area (Å²) in [5.41, 5.74) is 0. The summed E-state index contributed by atoms with van der Waals surface area (Å²) in [5.74, 6) is 0.256. The van der Waals surface area contributed by atoms with Gasteiger partial charge in [-0.3, -0.25) is 0 Å². The summed E-state index contributed by atoms with van der Waals surface area (Å²) >= 11 is 0. The van der Waals surface area contributed by atoms with Crippen molar-refractivity contribution < 1.29 is 13.2 Å². The highest BCUT2D eigenvalue weighted by Gasteiger charge is 2.30. The first-order valence-electron chi connectivity index (χ1n) is 7.44. The van der Waals surface area contributed by atoms with Gasteiger partial charge in [0.1, 0.15) is 0 Å². The fourth-order valence-electron chi connectivity index (χ4n) is 2.94. The van der Waals surface area contributed by atoms with E-state index >= 15 is 0 Å². The number of piperidine rings is 2. The summed E-state index contributed by atoms with van der Waals surface area (Å²) in [6.07, 6.45) is 5.17. The molecule has 0 aromatic rings. The maximum absolute atomic E-state index is 12.4. The van der Waals surface area contributed by atoms with Crippen molar-refractivity contribution in [1.82, 2.24) is 9.62 Å². The zero-order valence-electron chi connectivity index (χ0n) is 11.8. The Kier molecular flexibility index (Phi) is 5.62. The van der Waals surface area contributed by atoms with E-state index in [9.17, 15) is 8.42 Å². The molecule has 1 unspecified atom stereocenters. The molecule has 0 bridgehead atoms. The third-order valence-electron chi connectivity index (χ3n) is 4.02. The van der Waals surface area contributed by atoms with E-state index in [1.165, 1.54) is 0 Å². The first-order valence-corrected chi connectivity index (χ1v) is 9.05. The predicted molar refractivity (Wildman–Crippen MR) is 75.6 cm³/mol.